The van der Waals surface area contributed by atoms with Gasteiger partial charge in [-0.15, -0.1) is 0 Å². The van der Waals surface area contributed by atoms with Crippen molar-refractivity contribution in [3.8, 4) is 5.88 Å². The topological polar surface area (TPSA) is 91.7 Å². The second-order valence-corrected chi connectivity index (χ2v) is 3.60. The summed E-state index contributed by atoms with van der Waals surface area (Å²) in [6.07, 6.45) is 3.50. The number of nitrogens with two attached hydrogens (primary N) is 1. The molecule has 7 heteroatoms. The Morgan fingerprint density at radius 2 is 2.18 bits per heavy atom. The highest BCUT2D eigenvalue weighted by Crippen LogP contribution is 2.15. The van der Waals surface area contributed by atoms with Gasteiger partial charge < -0.3 is 10.5 Å². The number of aryl methyl sites for hydroxylation is 1. The molecule has 0 aromatic carbocycles. The minimum absolute atomic E-state index is 0.255. The van der Waals surface area contributed by atoms with E-state index in [-0.39, 0.29) is 6.04 Å². The second kappa shape index (κ2) is 4.88. The fourth-order valence-corrected chi connectivity index (χ4v) is 1.47. The van der Waals surface area contributed by atoms with Gasteiger partial charge in [-0.1, -0.05) is 0 Å². The molecule has 0 amide bonds. The molecule has 0 bridgehead atoms. The summed E-state index contributed by atoms with van der Waals surface area (Å²) in [7, 11) is 3.38. The van der Waals surface area contributed by atoms with Gasteiger partial charge in [0.15, 0.2) is 0 Å². The van der Waals surface area contributed by atoms with Crippen LogP contribution in [0.15, 0.2) is 18.7 Å². The van der Waals surface area contributed by atoms with Gasteiger partial charge in [0.05, 0.1) is 18.8 Å². The molecule has 0 aliphatic carbocycles. The number of ether oxygens (including phenoxy) is 1. The maximum absolute atomic E-state index is 6.05. The molecule has 0 saturated carbocycles. The predicted octanol–water partition coefficient (Wildman–Crippen LogP) is -0.144. The summed E-state index contributed by atoms with van der Waals surface area (Å²) in [5, 5.41) is 3.99. The predicted molar refractivity (Wildman–Crippen MR) is 60.2 cm³/mol. The fourth-order valence-electron chi connectivity index (χ4n) is 1.47. The molecule has 90 valence electrons. The highest BCUT2D eigenvalue weighted by Gasteiger charge is 2.13. The zero-order valence-electron chi connectivity index (χ0n) is 9.74. The van der Waals surface area contributed by atoms with Crippen LogP contribution in [0.25, 0.3) is 0 Å². The van der Waals surface area contributed by atoms with E-state index in [2.05, 4.69) is 20.1 Å². The Balaban J connectivity index is 2.14. The fraction of sp³-hybridized carbons (Fsp3) is 0.400. The van der Waals surface area contributed by atoms with E-state index in [1.807, 2.05) is 7.05 Å². The van der Waals surface area contributed by atoms with E-state index in [1.165, 1.54) is 12.7 Å². The minimum atomic E-state index is -0.255. The van der Waals surface area contributed by atoms with Crippen molar-refractivity contribution >= 4 is 0 Å². The van der Waals surface area contributed by atoms with E-state index in [4.69, 9.17) is 10.5 Å². The molecule has 0 spiro atoms. The Hall–Kier alpha value is -2.02. The van der Waals surface area contributed by atoms with Crippen LogP contribution >= 0.6 is 0 Å². The molecule has 0 saturated heterocycles. The van der Waals surface area contributed by atoms with Crippen molar-refractivity contribution in [1.82, 2.24) is 24.7 Å². The number of methoxy groups -OCH3 is 1. The van der Waals surface area contributed by atoms with Gasteiger partial charge in [-0.2, -0.15) is 5.10 Å². The van der Waals surface area contributed by atoms with Crippen LogP contribution in [0.5, 0.6) is 5.88 Å². The van der Waals surface area contributed by atoms with Crippen molar-refractivity contribution < 1.29 is 4.74 Å². The molecule has 7 nitrogen and oxygen atoms in total. The minimum Gasteiger partial charge on any atom is -0.481 e. The summed E-state index contributed by atoms with van der Waals surface area (Å²) >= 11 is 0. The molecule has 1 atom stereocenters. The monoisotopic (exact) mass is 234 g/mol. The molecule has 1 unspecified atom stereocenters. The maximum atomic E-state index is 6.05. The Morgan fingerprint density at radius 3 is 2.82 bits per heavy atom. The van der Waals surface area contributed by atoms with Crippen molar-refractivity contribution in [3.05, 3.63) is 30.2 Å². The van der Waals surface area contributed by atoms with Gasteiger partial charge in [0.25, 0.3) is 0 Å². The number of rotatable bonds is 4. The third kappa shape index (κ3) is 2.56. The van der Waals surface area contributed by atoms with Crippen LogP contribution in [0, 0.1) is 0 Å². The normalized spacial score (nSPS) is 12.4. The van der Waals surface area contributed by atoms with Crippen molar-refractivity contribution in [2.45, 2.75) is 12.5 Å². The van der Waals surface area contributed by atoms with E-state index in [0.717, 1.165) is 11.5 Å². The highest BCUT2D eigenvalue weighted by molar-refractivity contribution is 5.17. The van der Waals surface area contributed by atoms with Gasteiger partial charge >= 0.3 is 0 Å². The largest absolute Gasteiger partial charge is 0.481 e. The summed E-state index contributed by atoms with van der Waals surface area (Å²) in [6.45, 7) is 0. The van der Waals surface area contributed by atoms with E-state index >= 15 is 0 Å². The summed E-state index contributed by atoms with van der Waals surface area (Å²) in [5.41, 5.74) is 6.77. The van der Waals surface area contributed by atoms with Gasteiger partial charge in [0.2, 0.25) is 5.88 Å². The van der Waals surface area contributed by atoms with Crippen LogP contribution in [0.2, 0.25) is 0 Å². The van der Waals surface area contributed by atoms with Crippen molar-refractivity contribution in [1.29, 1.82) is 0 Å². The molecule has 2 N–H and O–H groups in total. The molecule has 0 aliphatic heterocycles. The third-order valence-electron chi connectivity index (χ3n) is 2.46. The van der Waals surface area contributed by atoms with Crippen LogP contribution in [0.3, 0.4) is 0 Å². The van der Waals surface area contributed by atoms with Crippen LogP contribution in [0.4, 0.5) is 0 Å². The highest BCUT2D eigenvalue weighted by atomic mass is 16.5. The van der Waals surface area contributed by atoms with Crippen molar-refractivity contribution in [2.75, 3.05) is 7.11 Å². The SMILES string of the molecule is COc1cc(C(N)Cc2ncnn2C)ncn1. The molecule has 0 fully saturated rings. The van der Waals surface area contributed by atoms with E-state index < -0.39 is 0 Å². The first-order chi connectivity index (χ1) is 8.20. The van der Waals surface area contributed by atoms with E-state index in [1.54, 1.807) is 17.9 Å². The Morgan fingerprint density at radius 1 is 1.35 bits per heavy atom. The molecule has 2 heterocycles. The molecular weight excluding hydrogens is 220 g/mol. The first-order valence-corrected chi connectivity index (χ1v) is 5.15. The van der Waals surface area contributed by atoms with Crippen LogP contribution in [-0.2, 0) is 13.5 Å². The Kier molecular flexibility index (Phi) is 3.29. The van der Waals surface area contributed by atoms with Gasteiger partial charge in [-0.25, -0.2) is 15.0 Å². The van der Waals surface area contributed by atoms with Crippen LogP contribution in [0.1, 0.15) is 17.6 Å². The van der Waals surface area contributed by atoms with Gasteiger partial charge in [-0.3, -0.25) is 4.68 Å². The molecule has 17 heavy (non-hydrogen) atoms. The second-order valence-electron chi connectivity index (χ2n) is 3.60. The lowest BCUT2D eigenvalue weighted by molar-refractivity contribution is 0.395. The van der Waals surface area contributed by atoms with Crippen LogP contribution in [-0.4, -0.2) is 31.8 Å². The van der Waals surface area contributed by atoms with Gasteiger partial charge in [0.1, 0.15) is 18.5 Å². The average Bonchev–Trinajstić information content (AvgIpc) is 2.75. The van der Waals surface area contributed by atoms with E-state index in [0.29, 0.717) is 12.3 Å². The summed E-state index contributed by atoms with van der Waals surface area (Å²) in [4.78, 5) is 12.2. The Bertz CT molecular complexity index is 497. The summed E-state index contributed by atoms with van der Waals surface area (Å²) in [6, 6.07) is 1.47. The zero-order chi connectivity index (χ0) is 12.3. The quantitative estimate of drug-likeness (QED) is 0.791. The molecular formula is C10H14N6O. The van der Waals surface area contributed by atoms with Gasteiger partial charge in [-0.05, 0) is 0 Å². The summed E-state index contributed by atoms with van der Waals surface area (Å²) in [5.74, 6) is 1.32. The molecule has 0 aliphatic rings. The average molecular weight is 234 g/mol. The number of nitrogens with zero attached hydrogens (tertiary/aromatic N) is 5. The first kappa shape index (κ1) is 11.5. The zero-order valence-corrected chi connectivity index (χ0v) is 9.74. The molecule has 2 aromatic heterocycles. The molecule has 2 rings (SSSR count). The summed E-state index contributed by atoms with van der Waals surface area (Å²) < 4.78 is 6.72. The van der Waals surface area contributed by atoms with Crippen molar-refractivity contribution in [3.63, 3.8) is 0 Å². The standard InChI is InChI=1S/C10H14N6O/c1-16-9(13-6-15-16)3-7(11)8-4-10(17-2)14-5-12-8/h4-7H,3,11H2,1-2H3. The first-order valence-electron chi connectivity index (χ1n) is 5.15. The maximum Gasteiger partial charge on any atom is 0.216 e. The molecule has 0 radical (unpaired) electrons. The number of aromatic nitrogens is 5. The lowest BCUT2D eigenvalue weighted by Gasteiger charge is -2.10. The van der Waals surface area contributed by atoms with Gasteiger partial charge in [0, 0.05) is 19.5 Å². The lowest BCUT2D eigenvalue weighted by atomic mass is 10.1. The van der Waals surface area contributed by atoms with E-state index in [9.17, 15) is 0 Å². The Labute approximate surface area is 98.7 Å². The lowest BCUT2D eigenvalue weighted by Crippen LogP contribution is -2.17. The smallest absolute Gasteiger partial charge is 0.216 e. The van der Waals surface area contributed by atoms with Crippen LogP contribution < -0.4 is 10.5 Å². The number of hydrogen-bond acceptors (Lipinski definition) is 6. The van der Waals surface area contributed by atoms with Crippen molar-refractivity contribution in [2.24, 2.45) is 12.8 Å². The third-order valence-corrected chi connectivity index (χ3v) is 2.46. The molecule has 2 aromatic rings. The number of hydrogen-bond donors (Lipinski definition) is 1.